The van der Waals surface area contributed by atoms with Crippen molar-refractivity contribution in [2.45, 2.75) is 6.92 Å². The molecule has 1 heterocycles. The standard InChI is InChI=1S/C9H6BrClN2S2/c1-5-2-3-6(10)7(4-5)12-9-8(11)13-15-14-9/h2-4H,1H3. The minimum absolute atomic E-state index is 0.471. The number of aryl methyl sites for hydroxylation is 1. The van der Waals surface area contributed by atoms with E-state index >= 15 is 0 Å². The van der Waals surface area contributed by atoms with Gasteiger partial charge in [-0.3, -0.25) is 0 Å². The number of hydrogen-bond acceptors (Lipinski definition) is 4. The molecule has 2 rings (SSSR count). The minimum atomic E-state index is 0.471. The highest BCUT2D eigenvalue weighted by Gasteiger charge is 2.01. The molecule has 0 fully saturated rings. The number of benzene rings is 1. The zero-order chi connectivity index (χ0) is 10.8. The largest absolute Gasteiger partial charge is 0.233 e. The SMILES string of the molecule is Cc1ccc(Br)c(N=c2ssnc2Cl)c1. The zero-order valence-electron chi connectivity index (χ0n) is 7.70. The fourth-order valence-electron chi connectivity index (χ4n) is 1.04. The van der Waals surface area contributed by atoms with Crippen molar-refractivity contribution in [3.05, 3.63) is 38.1 Å². The highest BCUT2D eigenvalue weighted by Crippen LogP contribution is 2.26. The van der Waals surface area contributed by atoms with E-state index < -0.39 is 0 Å². The first-order valence-electron chi connectivity index (χ1n) is 4.09. The summed E-state index contributed by atoms with van der Waals surface area (Å²) >= 11 is 9.33. The Bertz CT molecular complexity index is 547. The summed E-state index contributed by atoms with van der Waals surface area (Å²) in [4.78, 5) is 4.45. The molecule has 6 heteroatoms. The van der Waals surface area contributed by atoms with Gasteiger partial charge in [-0.25, -0.2) is 4.99 Å². The maximum atomic E-state index is 5.88. The molecule has 0 unspecified atom stereocenters. The Kier molecular flexibility index (Phi) is 3.56. The molecular formula is C9H6BrClN2S2. The lowest BCUT2D eigenvalue weighted by Crippen LogP contribution is -1.92. The smallest absolute Gasteiger partial charge is 0.179 e. The van der Waals surface area contributed by atoms with E-state index in [1.54, 1.807) is 0 Å². The van der Waals surface area contributed by atoms with Gasteiger partial charge in [-0.05, 0) is 50.9 Å². The van der Waals surface area contributed by atoms with Crippen LogP contribution in [0.3, 0.4) is 0 Å². The maximum Gasteiger partial charge on any atom is 0.179 e. The van der Waals surface area contributed by atoms with Crippen LogP contribution >= 0.6 is 48.4 Å². The van der Waals surface area contributed by atoms with Crippen molar-refractivity contribution < 1.29 is 0 Å². The van der Waals surface area contributed by atoms with Gasteiger partial charge in [-0.15, -0.1) is 0 Å². The van der Waals surface area contributed by atoms with E-state index in [0.717, 1.165) is 14.8 Å². The summed E-state index contributed by atoms with van der Waals surface area (Å²) in [5.41, 5.74) is 2.05. The van der Waals surface area contributed by atoms with E-state index in [-0.39, 0.29) is 0 Å². The van der Waals surface area contributed by atoms with Crippen LogP contribution in [0.1, 0.15) is 5.56 Å². The van der Waals surface area contributed by atoms with E-state index in [9.17, 15) is 0 Å². The lowest BCUT2D eigenvalue weighted by Gasteiger charge is -1.98. The van der Waals surface area contributed by atoms with Crippen LogP contribution in [0.4, 0.5) is 5.69 Å². The molecule has 0 aliphatic heterocycles. The lowest BCUT2D eigenvalue weighted by atomic mass is 10.2. The normalized spacial score (nSPS) is 12.1. The van der Waals surface area contributed by atoms with Gasteiger partial charge >= 0.3 is 0 Å². The first-order chi connectivity index (χ1) is 7.16. The van der Waals surface area contributed by atoms with E-state index in [1.807, 2.05) is 25.1 Å². The summed E-state index contributed by atoms with van der Waals surface area (Å²) < 4.78 is 5.70. The summed E-state index contributed by atoms with van der Waals surface area (Å²) in [6, 6.07) is 6.01. The Morgan fingerprint density at radius 2 is 2.27 bits per heavy atom. The minimum Gasteiger partial charge on any atom is -0.233 e. The van der Waals surface area contributed by atoms with Crippen molar-refractivity contribution in [3.63, 3.8) is 0 Å². The molecule has 2 aromatic rings. The highest BCUT2D eigenvalue weighted by molar-refractivity contribution is 9.10. The second-order valence-electron chi connectivity index (χ2n) is 2.91. The topological polar surface area (TPSA) is 25.2 Å². The molecule has 0 saturated heterocycles. The summed E-state index contributed by atoms with van der Waals surface area (Å²) in [6.07, 6.45) is 0. The molecule has 1 aromatic carbocycles. The molecule has 1 aromatic heterocycles. The van der Waals surface area contributed by atoms with E-state index in [2.05, 4.69) is 25.3 Å². The molecule has 0 radical (unpaired) electrons. The molecule has 0 atom stereocenters. The fraction of sp³-hybridized carbons (Fsp3) is 0.111. The molecule has 0 aliphatic rings. The Morgan fingerprint density at radius 1 is 1.47 bits per heavy atom. The van der Waals surface area contributed by atoms with Crippen molar-refractivity contribution in [1.29, 1.82) is 0 Å². The summed E-state index contributed by atoms with van der Waals surface area (Å²) in [6.45, 7) is 2.03. The average molecular weight is 322 g/mol. The number of rotatable bonds is 1. The average Bonchev–Trinajstić information content (AvgIpc) is 2.58. The number of nitrogens with zero attached hydrogens (tertiary/aromatic N) is 2. The molecular weight excluding hydrogens is 316 g/mol. The van der Waals surface area contributed by atoms with Crippen molar-refractivity contribution in [1.82, 2.24) is 4.37 Å². The molecule has 78 valence electrons. The quantitative estimate of drug-likeness (QED) is 0.724. The summed E-state index contributed by atoms with van der Waals surface area (Å²) in [5.74, 6) is 0. The molecule has 0 amide bonds. The first-order valence-corrected chi connectivity index (χ1v) is 7.37. The monoisotopic (exact) mass is 320 g/mol. The molecule has 0 bridgehead atoms. The van der Waals surface area contributed by atoms with Crippen molar-refractivity contribution in [2.75, 3.05) is 0 Å². The third kappa shape index (κ3) is 2.66. The maximum absolute atomic E-state index is 5.88. The van der Waals surface area contributed by atoms with Crippen molar-refractivity contribution >= 4 is 54.1 Å². The molecule has 15 heavy (non-hydrogen) atoms. The Hall–Kier alpha value is -0.230. The van der Waals surface area contributed by atoms with Gasteiger partial charge in [0, 0.05) is 15.0 Å². The predicted molar refractivity (Wildman–Crippen MR) is 69.1 cm³/mol. The fourth-order valence-corrected chi connectivity index (χ4v) is 3.36. The first kappa shape index (κ1) is 11.3. The third-order valence-corrected chi connectivity index (χ3v) is 4.58. The van der Waals surface area contributed by atoms with Gasteiger partial charge in [0.05, 0.1) is 5.69 Å². The molecule has 0 aliphatic carbocycles. The number of halogens is 2. The molecule has 0 saturated carbocycles. The van der Waals surface area contributed by atoms with Crippen LogP contribution in [0.25, 0.3) is 0 Å². The van der Waals surface area contributed by atoms with Crippen LogP contribution in [0.15, 0.2) is 27.7 Å². The second-order valence-corrected chi connectivity index (χ2v) is 5.96. The van der Waals surface area contributed by atoms with Gasteiger partial charge in [-0.1, -0.05) is 17.7 Å². The predicted octanol–water partition coefficient (Wildman–Crippen LogP) is 4.16. The van der Waals surface area contributed by atoms with Gasteiger partial charge in [0.1, 0.15) is 0 Å². The summed E-state index contributed by atoms with van der Waals surface area (Å²) in [7, 11) is 2.82. The van der Waals surface area contributed by atoms with Crippen LogP contribution in [-0.2, 0) is 0 Å². The highest BCUT2D eigenvalue weighted by atomic mass is 79.9. The van der Waals surface area contributed by atoms with E-state index in [1.165, 1.54) is 26.4 Å². The van der Waals surface area contributed by atoms with Crippen LogP contribution in [0, 0.1) is 6.92 Å². The third-order valence-electron chi connectivity index (χ3n) is 1.73. The van der Waals surface area contributed by atoms with Crippen LogP contribution in [0.2, 0.25) is 5.15 Å². The van der Waals surface area contributed by atoms with Gasteiger partial charge < -0.3 is 0 Å². The van der Waals surface area contributed by atoms with Crippen molar-refractivity contribution in [2.24, 2.45) is 4.99 Å². The number of aromatic nitrogens is 1. The second kappa shape index (κ2) is 4.74. The van der Waals surface area contributed by atoms with Gasteiger partial charge in [-0.2, -0.15) is 4.37 Å². The van der Waals surface area contributed by atoms with Crippen LogP contribution < -0.4 is 4.67 Å². The lowest BCUT2D eigenvalue weighted by molar-refractivity contribution is 1.33. The van der Waals surface area contributed by atoms with Crippen LogP contribution in [0.5, 0.6) is 0 Å². The molecule has 0 N–H and O–H groups in total. The summed E-state index contributed by atoms with van der Waals surface area (Å²) in [5, 5.41) is 0.471. The van der Waals surface area contributed by atoms with Crippen molar-refractivity contribution in [3.8, 4) is 0 Å². The van der Waals surface area contributed by atoms with Gasteiger partial charge in [0.15, 0.2) is 9.82 Å². The molecule has 0 spiro atoms. The van der Waals surface area contributed by atoms with E-state index in [0.29, 0.717) is 5.15 Å². The Labute approximate surface area is 108 Å². The Balaban J connectivity index is 2.57. The van der Waals surface area contributed by atoms with Gasteiger partial charge in [0.25, 0.3) is 0 Å². The zero-order valence-corrected chi connectivity index (χ0v) is 11.7. The van der Waals surface area contributed by atoms with E-state index in [4.69, 9.17) is 11.6 Å². The van der Waals surface area contributed by atoms with Crippen LogP contribution in [-0.4, -0.2) is 4.37 Å². The number of hydrogen-bond donors (Lipinski definition) is 0. The Morgan fingerprint density at radius 3 is 2.93 bits per heavy atom. The van der Waals surface area contributed by atoms with Gasteiger partial charge in [0.2, 0.25) is 0 Å². The molecule has 2 nitrogen and oxygen atoms in total.